The molecule has 9 nitrogen and oxygen atoms in total. The third-order valence-electron chi connectivity index (χ3n) is 1.29. The van der Waals surface area contributed by atoms with Crippen molar-refractivity contribution in [2.75, 3.05) is 0 Å². The zero-order valence-electron chi connectivity index (χ0n) is 11.7. The van der Waals surface area contributed by atoms with E-state index < -0.39 is 50.2 Å². The topological polar surface area (TPSA) is 169 Å². The van der Waals surface area contributed by atoms with Gasteiger partial charge in [-0.3, -0.25) is 9.59 Å². The van der Waals surface area contributed by atoms with E-state index in [0.717, 1.165) is 0 Å². The van der Waals surface area contributed by atoms with Crippen LogP contribution in [0.1, 0.15) is 14.3 Å². The van der Waals surface area contributed by atoms with E-state index in [-0.39, 0.29) is 31.0 Å². The van der Waals surface area contributed by atoms with Gasteiger partial charge in [0.2, 0.25) is 0 Å². The van der Waals surface area contributed by atoms with Crippen molar-refractivity contribution in [1.29, 1.82) is 0 Å². The van der Waals surface area contributed by atoms with Crippen molar-refractivity contribution < 1.29 is 73.6 Å². The molecule has 0 aliphatic carbocycles. The van der Waals surface area contributed by atoms with Gasteiger partial charge in [0, 0.05) is 0 Å². The zero-order valence-corrected chi connectivity index (χ0v) is 14.6. The number of carboxylic acid groups (broad SMARTS) is 3. The van der Waals surface area contributed by atoms with E-state index >= 15 is 0 Å². The molecule has 0 saturated carbocycles. The largest absolute Gasteiger partial charge is 1.00 e. The van der Waals surface area contributed by atoms with E-state index in [4.69, 9.17) is 24.5 Å². The predicted molar refractivity (Wildman–Crippen MR) is 58.6 cm³/mol. The minimum atomic E-state index is -3.12. The number of aliphatic carboxylic acids is 3. The fourth-order valence-corrected chi connectivity index (χ4v) is 0.714. The Morgan fingerprint density at radius 1 is 1.05 bits per heavy atom. The summed E-state index contributed by atoms with van der Waals surface area (Å²) in [4.78, 5) is 30.5. The Labute approximate surface area is 135 Å². The first kappa shape index (κ1) is 23.8. The normalized spacial score (nSPS) is 10.5. The Hall–Kier alpha value is -0.312. The van der Waals surface area contributed by atoms with Crippen molar-refractivity contribution in [3.05, 3.63) is 0 Å². The molecule has 5 N–H and O–H groups in total. The second-order valence-electron chi connectivity index (χ2n) is 3.77. The van der Waals surface area contributed by atoms with E-state index in [0.29, 0.717) is 0 Å². The van der Waals surface area contributed by atoms with Crippen molar-refractivity contribution in [3.8, 4) is 0 Å². The van der Waals surface area contributed by atoms with Crippen molar-refractivity contribution >= 4 is 31.7 Å². The van der Waals surface area contributed by atoms with Gasteiger partial charge in [0.05, 0.1) is 12.8 Å². The summed E-state index contributed by atoms with van der Waals surface area (Å²) in [6.07, 6.45) is -2.29. The van der Waals surface area contributed by atoms with E-state index in [1.807, 2.05) is 0 Å². The minimum absolute atomic E-state index is 0. The Balaban J connectivity index is -0.000000158. The number of carbonyl (C=O) groups is 3. The second kappa shape index (κ2) is 9.57. The van der Waals surface area contributed by atoms with Crippen LogP contribution in [0.2, 0.25) is 11.4 Å². The van der Waals surface area contributed by atoms with Gasteiger partial charge in [-0.25, -0.2) is 4.79 Å². The van der Waals surface area contributed by atoms with Crippen LogP contribution in [0, 0.1) is 0 Å². The van der Waals surface area contributed by atoms with Crippen LogP contribution in [0.15, 0.2) is 0 Å². The van der Waals surface area contributed by atoms with Gasteiger partial charge < -0.3 is 21.9 Å². The molecule has 0 radical (unpaired) electrons. The van der Waals surface area contributed by atoms with Crippen LogP contribution in [-0.4, -0.2) is 61.9 Å². The Morgan fingerprint density at radius 2 is 1.26 bits per heavy atom. The summed E-state index contributed by atoms with van der Waals surface area (Å²) in [6, 6.07) is 0. The molecule has 11 heteroatoms. The SMILES string of the molecule is C[As](C)(=O)O.O=C(O)CC(O)(CC(=O)O)C(=O)O.[H-].[Na+]. The summed E-state index contributed by atoms with van der Waals surface area (Å²) in [5, 5.41) is 33.8. The van der Waals surface area contributed by atoms with Gasteiger partial charge in [-0.2, -0.15) is 0 Å². The molecule has 0 spiro atoms. The minimum Gasteiger partial charge on any atom is -1.00 e. The molecule has 0 atom stereocenters. The fourth-order valence-electron chi connectivity index (χ4n) is 0.714. The summed E-state index contributed by atoms with van der Waals surface area (Å²) in [5.41, 5.74) is -0.0197. The number of hydrogen-bond donors (Lipinski definition) is 5. The Kier molecular flexibility index (Phi) is 12.0. The van der Waals surface area contributed by atoms with Crippen molar-refractivity contribution in [2.24, 2.45) is 0 Å². The molecule has 0 amide bonds. The summed E-state index contributed by atoms with van der Waals surface area (Å²) >= 11 is -3.12. The maximum atomic E-state index is 10.3. The van der Waals surface area contributed by atoms with Crippen LogP contribution in [0.4, 0.5) is 0 Å². The van der Waals surface area contributed by atoms with Gasteiger partial charge in [-0.1, -0.05) is 0 Å². The molecule has 0 aromatic carbocycles. The van der Waals surface area contributed by atoms with Crippen molar-refractivity contribution in [1.82, 2.24) is 0 Å². The molecule has 0 aromatic rings. The average Bonchev–Trinajstić information content (AvgIpc) is 1.95. The third kappa shape index (κ3) is 17.7. The maximum Gasteiger partial charge on any atom is 1.00 e. The first-order valence-corrected chi connectivity index (χ1v) is 9.81. The van der Waals surface area contributed by atoms with E-state index in [9.17, 15) is 18.1 Å². The van der Waals surface area contributed by atoms with Crippen LogP contribution in [-0.2, 0) is 18.1 Å². The predicted octanol–water partition coefficient (Wildman–Crippen LogP) is -4.02. The third-order valence-corrected chi connectivity index (χ3v) is 1.29. The van der Waals surface area contributed by atoms with Gasteiger partial charge in [0.15, 0.2) is 5.60 Å². The average molecular weight is 354 g/mol. The van der Waals surface area contributed by atoms with Crippen LogP contribution < -0.4 is 29.6 Å². The fraction of sp³-hybridized carbons (Fsp3) is 0.625. The molecule has 0 saturated heterocycles. The molecule has 0 bridgehead atoms. The molecule has 0 aromatic heterocycles. The summed E-state index contributed by atoms with van der Waals surface area (Å²) in [6.45, 7) is 0. The van der Waals surface area contributed by atoms with Gasteiger partial charge in [-0.05, 0) is 0 Å². The van der Waals surface area contributed by atoms with E-state index in [1.54, 1.807) is 0 Å². The Morgan fingerprint density at radius 3 is 1.37 bits per heavy atom. The number of aliphatic hydroxyl groups is 1. The van der Waals surface area contributed by atoms with Crippen LogP contribution in [0.5, 0.6) is 0 Å². The van der Waals surface area contributed by atoms with Crippen LogP contribution >= 0.6 is 0 Å². The maximum absolute atomic E-state index is 10.3. The van der Waals surface area contributed by atoms with E-state index in [1.165, 1.54) is 11.4 Å². The smallest absolute Gasteiger partial charge is 1.00 e. The molecule has 0 fully saturated rings. The molecule has 0 unspecified atom stereocenters. The monoisotopic (exact) mass is 354 g/mol. The number of carboxylic acids is 3. The molecular weight excluding hydrogens is 338 g/mol. The second-order valence-corrected chi connectivity index (χ2v) is 9.20. The molecule has 0 aliphatic rings. The van der Waals surface area contributed by atoms with Gasteiger partial charge in [-0.15, -0.1) is 0 Å². The van der Waals surface area contributed by atoms with Crippen molar-refractivity contribution in [3.63, 3.8) is 0 Å². The first-order valence-electron chi connectivity index (χ1n) is 4.45. The summed E-state index contributed by atoms with van der Waals surface area (Å²) < 4.78 is 18.0. The molecule has 108 valence electrons. The summed E-state index contributed by atoms with van der Waals surface area (Å²) in [5.74, 6) is -5.02. The molecular formula is C8H16AsNaO9. The summed E-state index contributed by atoms with van der Waals surface area (Å²) in [7, 11) is 0. The van der Waals surface area contributed by atoms with E-state index in [2.05, 4.69) is 0 Å². The molecule has 0 heterocycles. The quantitative estimate of drug-likeness (QED) is 0.309. The van der Waals surface area contributed by atoms with Crippen molar-refractivity contribution in [2.45, 2.75) is 29.9 Å². The number of rotatable bonds is 5. The molecule has 19 heavy (non-hydrogen) atoms. The van der Waals surface area contributed by atoms with Gasteiger partial charge in [0.1, 0.15) is 0 Å². The Bertz CT molecular complexity index is 356. The standard InChI is InChI=1S/C6H8O7.C2H7AsO2.Na.H/c7-3(8)1-6(13,5(11)12)2-4(9)10;1-3(2,4)5;;/h13H,1-2H2,(H,7,8)(H,9,10)(H,11,12);1-2H3,(H,4,5);;/q;;+1;-1. The number of hydrogen-bond acceptors (Lipinski definition) is 5. The molecule has 0 rings (SSSR count). The first-order chi connectivity index (χ1) is 7.78. The van der Waals surface area contributed by atoms with Gasteiger partial charge >= 0.3 is 80.6 Å². The van der Waals surface area contributed by atoms with Crippen LogP contribution in [0.3, 0.4) is 0 Å². The zero-order chi connectivity index (χ0) is 15.1. The molecule has 0 aliphatic heterocycles. The van der Waals surface area contributed by atoms with Gasteiger partial charge in [0.25, 0.3) is 0 Å². The van der Waals surface area contributed by atoms with Crippen LogP contribution in [0.25, 0.3) is 0 Å².